The second-order valence-corrected chi connectivity index (χ2v) is 4.97. The highest BCUT2D eigenvalue weighted by atomic mass is 19.1. The number of amides is 2. The summed E-state index contributed by atoms with van der Waals surface area (Å²) in [4.78, 5) is 36.5. The van der Waals surface area contributed by atoms with Gasteiger partial charge in [0.15, 0.2) is 0 Å². The van der Waals surface area contributed by atoms with Crippen LogP contribution in [-0.2, 0) is 6.54 Å². The van der Waals surface area contributed by atoms with Crippen molar-refractivity contribution >= 4 is 17.8 Å². The number of hydrogen-bond donors (Lipinski definition) is 2. The fourth-order valence-corrected chi connectivity index (χ4v) is 2.54. The summed E-state index contributed by atoms with van der Waals surface area (Å²) in [5, 5.41) is 18.9. The molecule has 23 heavy (non-hydrogen) atoms. The number of benzene rings is 2. The van der Waals surface area contributed by atoms with Crippen molar-refractivity contribution in [1.29, 1.82) is 0 Å². The Hall–Kier alpha value is -3.22. The van der Waals surface area contributed by atoms with Crippen molar-refractivity contribution in [3.05, 3.63) is 64.5 Å². The zero-order valence-corrected chi connectivity index (χ0v) is 11.6. The van der Waals surface area contributed by atoms with Gasteiger partial charge in [0.1, 0.15) is 17.1 Å². The fourth-order valence-electron chi connectivity index (χ4n) is 2.54. The monoisotopic (exact) mass is 315 g/mol. The van der Waals surface area contributed by atoms with Crippen molar-refractivity contribution in [1.82, 2.24) is 4.90 Å². The molecule has 0 saturated carbocycles. The van der Waals surface area contributed by atoms with Crippen LogP contribution in [0.1, 0.15) is 36.6 Å². The maximum atomic E-state index is 13.7. The number of aromatic carboxylic acids is 1. The third-order valence-electron chi connectivity index (χ3n) is 3.65. The Morgan fingerprint density at radius 2 is 1.61 bits per heavy atom. The maximum absolute atomic E-state index is 13.7. The average molecular weight is 315 g/mol. The highest BCUT2D eigenvalue weighted by Gasteiger charge is 2.36. The van der Waals surface area contributed by atoms with Crippen LogP contribution in [0.4, 0.5) is 4.39 Å². The Balaban J connectivity index is 2.05. The molecule has 0 atom stereocenters. The molecule has 2 N–H and O–H groups in total. The molecule has 2 amide bonds. The van der Waals surface area contributed by atoms with E-state index < -0.39 is 41.5 Å². The molecule has 1 aliphatic rings. The van der Waals surface area contributed by atoms with Crippen LogP contribution in [0.15, 0.2) is 36.4 Å². The van der Waals surface area contributed by atoms with E-state index in [9.17, 15) is 23.9 Å². The molecule has 0 aliphatic carbocycles. The molecule has 0 unspecified atom stereocenters. The standard InChI is InChI=1S/C16H10FNO5/c17-11-5-6-12(19)10(13(11)16(22)23)7-18-14(20)8-3-1-2-4-9(8)15(18)21/h1-6,19H,7H2,(H,22,23). The van der Waals surface area contributed by atoms with Gasteiger partial charge in [0, 0.05) is 5.56 Å². The average Bonchev–Trinajstić information content (AvgIpc) is 2.76. The summed E-state index contributed by atoms with van der Waals surface area (Å²) in [6.45, 7) is -0.530. The van der Waals surface area contributed by atoms with E-state index >= 15 is 0 Å². The number of aromatic hydroxyl groups is 1. The Kier molecular flexibility index (Phi) is 3.33. The minimum absolute atomic E-state index is 0.185. The van der Waals surface area contributed by atoms with E-state index in [4.69, 9.17) is 5.11 Å². The highest BCUT2D eigenvalue weighted by Crippen LogP contribution is 2.30. The van der Waals surface area contributed by atoms with Gasteiger partial charge in [0.2, 0.25) is 0 Å². The van der Waals surface area contributed by atoms with Crippen LogP contribution < -0.4 is 0 Å². The van der Waals surface area contributed by atoms with Crippen LogP contribution in [-0.4, -0.2) is 32.9 Å². The Morgan fingerprint density at radius 3 is 2.13 bits per heavy atom. The molecular formula is C16H10FNO5. The number of carbonyl (C=O) groups is 3. The quantitative estimate of drug-likeness (QED) is 0.845. The summed E-state index contributed by atoms with van der Waals surface area (Å²) in [6.07, 6.45) is 0. The Morgan fingerprint density at radius 1 is 1.04 bits per heavy atom. The number of halogens is 1. The molecule has 0 saturated heterocycles. The van der Waals surface area contributed by atoms with Crippen LogP contribution >= 0.6 is 0 Å². The molecule has 0 fully saturated rings. The molecule has 2 aromatic carbocycles. The molecule has 1 heterocycles. The summed E-state index contributed by atoms with van der Waals surface area (Å²) in [6, 6.07) is 7.92. The smallest absolute Gasteiger partial charge is 0.339 e. The topological polar surface area (TPSA) is 94.9 Å². The first-order chi connectivity index (χ1) is 10.9. The van der Waals surface area contributed by atoms with Gasteiger partial charge in [-0.3, -0.25) is 14.5 Å². The van der Waals surface area contributed by atoms with Gasteiger partial charge in [-0.2, -0.15) is 0 Å². The number of carbonyl (C=O) groups excluding carboxylic acids is 2. The lowest BCUT2D eigenvalue weighted by Gasteiger charge is -2.16. The lowest BCUT2D eigenvalue weighted by molar-refractivity contribution is 0.0624. The van der Waals surface area contributed by atoms with Gasteiger partial charge in [0.25, 0.3) is 11.8 Å². The molecule has 0 spiro atoms. The number of fused-ring (bicyclic) bond motifs is 1. The van der Waals surface area contributed by atoms with Gasteiger partial charge < -0.3 is 10.2 Å². The van der Waals surface area contributed by atoms with E-state index in [1.807, 2.05) is 0 Å². The minimum atomic E-state index is -1.59. The number of hydrogen-bond acceptors (Lipinski definition) is 4. The van der Waals surface area contributed by atoms with Crippen LogP contribution in [0.5, 0.6) is 5.75 Å². The molecule has 3 rings (SSSR count). The van der Waals surface area contributed by atoms with E-state index in [0.29, 0.717) is 0 Å². The van der Waals surface area contributed by atoms with Crippen molar-refractivity contribution < 1.29 is 29.0 Å². The lowest BCUT2D eigenvalue weighted by atomic mass is 10.0. The van der Waals surface area contributed by atoms with Gasteiger partial charge in [-0.1, -0.05) is 12.1 Å². The van der Waals surface area contributed by atoms with Gasteiger partial charge >= 0.3 is 5.97 Å². The first-order valence-corrected chi connectivity index (χ1v) is 6.60. The lowest BCUT2D eigenvalue weighted by Crippen LogP contribution is -2.30. The van der Waals surface area contributed by atoms with Gasteiger partial charge in [-0.25, -0.2) is 9.18 Å². The minimum Gasteiger partial charge on any atom is -0.508 e. The molecule has 6 nitrogen and oxygen atoms in total. The summed E-state index contributed by atoms with van der Waals surface area (Å²) < 4.78 is 13.7. The van der Waals surface area contributed by atoms with E-state index in [2.05, 4.69) is 0 Å². The summed E-state index contributed by atoms with van der Waals surface area (Å²) >= 11 is 0. The van der Waals surface area contributed by atoms with Gasteiger partial charge in [-0.15, -0.1) is 0 Å². The molecule has 1 aliphatic heterocycles. The molecule has 116 valence electrons. The maximum Gasteiger partial charge on any atom is 0.339 e. The van der Waals surface area contributed by atoms with E-state index in [1.54, 1.807) is 12.1 Å². The van der Waals surface area contributed by atoms with Crippen LogP contribution in [0.25, 0.3) is 0 Å². The SMILES string of the molecule is O=C(O)c1c(F)ccc(O)c1CN1C(=O)c2ccccc2C1=O. The summed E-state index contributed by atoms with van der Waals surface area (Å²) in [5.74, 6) is -4.39. The molecule has 7 heteroatoms. The van der Waals surface area contributed by atoms with E-state index in [1.165, 1.54) is 12.1 Å². The molecular weight excluding hydrogens is 305 g/mol. The molecule has 2 aromatic rings. The predicted octanol–water partition coefficient (Wildman–Crippen LogP) is 2.03. The van der Waals surface area contributed by atoms with Crippen molar-refractivity contribution in [3.63, 3.8) is 0 Å². The van der Waals surface area contributed by atoms with Crippen molar-refractivity contribution in [2.45, 2.75) is 6.54 Å². The number of rotatable bonds is 3. The summed E-state index contributed by atoms with van der Waals surface area (Å²) in [5.41, 5.74) is -0.718. The third-order valence-corrected chi connectivity index (χ3v) is 3.65. The van der Waals surface area contributed by atoms with Gasteiger partial charge in [0.05, 0.1) is 17.7 Å². The van der Waals surface area contributed by atoms with E-state index in [0.717, 1.165) is 17.0 Å². The number of phenolic OH excluding ortho intramolecular Hbond substituents is 1. The number of imide groups is 1. The van der Waals surface area contributed by atoms with Crippen LogP contribution in [0.3, 0.4) is 0 Å². The fraction of sp³-hybridized carbons (Fsp3) is 0.0625. The Labute approximate surface area is 129 Å². The first kappa shape index (κ1) is 14.7. The van der Waals surface area contributed by atoms with Crippen molar-refractivity contribution in [2.24, 2.45) is 0 Å². The first-order valence-electron chi connectivity index (χ1n) is 6.60. The zero-order chi connectivity index (χ0) is 16.7. The normalized spacial score (nSPS) is 13.3. The van der Waals surface area contributed by atoms with Crippen LogP contribution in [0, 0.1) is 5.82 Å². The third kappa shape index (κ3) is 2.22. The Bertz CT molecular complexity index is 827. The molecule has 0 bridgehead atoms. The zero-order valence-electron chi connectivity index (χ0n) is 11.6. The second-order valence-electron chi connectivity index (χ2n) is 4.97. The highest BCUT2D eigenvalue weighted by molar-refractivity contribution is 6.21. The number of carboxylic acid groups (broad SMARTS) is 1. The molecule has 0 aromatic heterocycles. The predicted molar refractivity (Wildman–Crippen MR) is 75.7 cm³/mol. The second kappa shape index (κ2) is 5.20. The van der Waals surface area contributed by atoms with Gasteiger partial charge in [-0.05, 0) is 24.3 Å². The van der Waals surface area contributed by atoms with Crippen LogP contribution in [0.2, 0.25) is 0 Å². The largest absolute Gasteiger partial charge is 0.508 e. The van der Waals surface area contributed by atoms with Crippen molar-refractivity contribution in [2.75, 3.05) is 0 Å². The number of nitrogens with zero attached hydrogens (tertiary/aromatic N) is 1. The molecule has 0 radical (unpaired) electrons. The van der Waals surface area contributed by atoms with Crippen molar-refractivity contribution in [3.8, 4) is 5.75 Å². The number of phenols is 1. The van der Waals surface area contributed by atoms with E-state index in [-0.39, 0.29) is 16.7 Å². The summed E-state index contributed by atoms with van der Waals surface area (Å²) in [7, 11) is 0. The number of carboxylic acids is 1.